The molecule has 0 spiro atoms. The van der Waals surface area contributed by atoms with Gasteiger partial charge in [0.2, 0.25) is 5.91 Å². The van der Waals surface area contributed by atoms with Gasteiger partial charge in [0, 0.05) is 30.5 Å². The first kappa shape index (κ1) is 26.9. The third-order valence-corrected chi connectivity index (χ3v) is 6.35. The average molecular weight is 513 g/mol. The third kappa shape index (κ3) is 6.97. The van der Waals surface area contributed by atoms with E-state index >= 15 is 0 Å². The van der Waals surface area contributed by atoms with Crippen LogP contribution in [0.25, 0.3) is 10.8 Å². The maximum atomic E-state index is 14.7. The van der Waals surface area contributed by atoms with E-state index in [1.54, 1.807) is 18.2 Å². The fraction of sp³-hybridized carbons (Fsp3) is 0.250. The Bertz CT molecular complexity index is 1370. The molecule has 5 nitrogen and oxygen atoms in total. The Hall–Kier alpha value is -4.19. The number of nitrogens with zero attached hydrogens (tertiary/aromatic N) is 1. The van der Waals surface area contributed by atoms with Crippen LogP contribution in [-0.2, 0) is 22.6 Å². The van der Waals surface area contributed by atoms with E-state index in [-0.39, 0.29) is 25.0 Å². The Kier molecular flexibility index (Phi) is 9.09. The summed E-state index contributed by atoms with van der Waals surface area (Å²) in [6, 6.07) is 28.4. The zero-order valence-corrected chi connectivity index (χ0v) is 21.8. The minimum atomic E-state index is -0.848. The minimum Gasteiger partial charge on any atom is -0.483 e. The number of hydrogen-bond donors (Lipinski definition) is 1. The molecule has 0 heterocycles. The van der Waals surface area contributed by atoms with Crippen LogP contribution in [0.15, 0.2) is 97.1 Å². The first-order valence-electron chi connectivity index (χ1n) is 12.9. The number of hydrogen-bond acceptors (Lipinski definition) is 3. The van der Waals surface area contributed by atoms with Gasteiger partial charge in [-0.3, -0.25) is 9.59 Å². The lowest BCUT2D eigenvalue weighted by atomic mass is 10.0. The molecule has 6 heteroatoms. The molecular formula is C32H33FN2O3. The molecule has 2 amide bonds. The number of ether oxygens (including phenoxy) is 1. The normalized spacial score (nSPS) is 11.8. The molecule has 0 radical (unpaired) electrons. The summed E-state index contributed by atoms with van der Waals surface area (Å²) in [7, 11) is 0. The smallest absolute Gasteiger partial charge is 0.261 e. The number of carbonyl (C=O) groups excluding carboxylic acids is 2. The summed E-state index contributed by atoms with van der Waals surface area (Å²) < 4.78 is 20.7. The van der Waals surface area contributed by atoms with Gasteiger partial charge in [-0.05, 0) is 29.0 Å². The maximum Gasteiger partial charge on any atom is 0.261 e. The van der Waals surface area contributed by atoms with Crippen LogP contribution in [0.3, 0.4) is 0 Å². The molecule has 0 saturated carbocycles. The quantitative estimate of drug-likeness (QED) is 0.278. The topological polar surface area (TPSA) is 58.6 Å². The lowest BCUT2D eigenvalue weighted by Gasteiger charge is -2.32. The summed E-state index contributed by atoms with van der Waals surface area (Å²) in [6.07, 6.45) is 0.291. The predicted molar refractivity (Wildman–Crippen MR) is 148 cm³/mol. The van der Waals surface area contributed by atoms with Crippen LogP contribution < -0.4 is 10.1 Å². The molecule has 0 saturated heterocycles. The Labute approximate surface area is 223 Å². The molecule has 0 aromatic heterocycles. The summed E-state index contributed by atoms with van der Waals surface area (Å²) >= 11 is 0. The van der Waals surface area contributed by atoms with Crippen molar-refractivity contribution >= 4 is 22.6 Å². The van der Waals surface area contributed by atoms with E-state index in [9.17, 15) is 14.0 Å². The summed E-state index contributed by atoms with van der Waals surface area (Å²) in [4.78, 5) is 28.7. The Balaban J connectivity index is 1.64. The van der Waals surface area contributed by atoms with Crippen LogP contribution >= 0.6 is 0 Å². The zero-order valence-electron chi connectivity index (χ0n) is 21.8. The van der Waals surface area contributed by atoms with Gasteiger partial charge in [0.15, 0.2) is 6.61 Å². The van der Waals surface area contributed by atoms with E-state index in [2.05, 4.69) is 5.32 Å². The van der Waals surface area contributed by atoms with Crippen LogP contribution in [0.4, 0.5) is 4.39 Å². The summed E-state index contributed by atoms with van der Waals surface area (Å²) in [5, 5.41) is 4.85. The molecule has 0 aliphatic rings. The van der Waals surface area contributed by atoms with Crippen molar-refractivity contribution in [3.05, 3.63) is 114 Å². The molecule has 1 N–H and O–H groups in total. The summed E-state index contributed by atoms with van der Waals surface area (Å²) in [6.45, 7) is 4.14. The molecule has 4 aromatic rings. The molecule has 4 aromatic carbocycles. The van der Waals surface area contributed by atoms with Gasteiger partial charge in [0.25, 0.3) is 5.91 Å². The van der Waals surface area contributed by atoms with Gasteiger partial charge in [0.1, 0.15) is 17.6 Å². The van der Waals surface area contributed by atoms with Crippen molar-refractivity contribution in [2.75, 3.05) is 13.2 Å². The zero-order chi connectivity index (χ0) is 26.9. The van der Waals surface area contributed by atoms with Crippen LogP contribution in [0.5, 0.6) is 5.75 Å². The van der Waals surface area contributed by atoms with E-state index in [1.165, 1.54) is 11.0 Å². The van der Waals surface area contributed by atoms with Crippen LogP contribution in [-0.4, -0.2) is 35.9 Å². The van der Waals surface area contributed by atoms with Crippen LogP contribution in [0.2, 0.25) is 0 Å². The second-order valence-electron chi connectivity index (χ2n) is 9.72. The molecule has 0 unspecified atom stereocenters. The van der Waals surface area contributed by atoms with E-state index < -0.39 is 17.8 Å². The molecule has 0 aliphatic heterocycles. The number of halogens is 1. The predicted octanol–water partition coefficient (Wildman–Crippen LogP) is 5.77. The maximum absolute atomic E-state index is 14.7. The second-order valence-corrected chi connectivity index (χ2v) is 9.72. The lowest BCUT2D eigenvalue weighted by Crippen LogP contribution is -2.52. The van der Waals surface area contributed by atoms with E-state index in [1.807, 2.05) is 86.6 Å². The van der Waals surface area contributed by atoms with Crippen molar-refractivity contribution < 1.29 is 18.7 Å². The van der Waals surface area contributed by atoms with Gasteiger partial charge < -0.3 is 15.0 Å². The Morgan fingerprint density at radius 1 is 0.868 bits per heavy atom. The van der Waals surface area contributed by atoms with Gasteiger partial charge in [-0.15, -0.1) is 0 Å². The molecule has 38 heavy (non-hydrogen) atoms. The highest BCUT2D eigenvalue weighted by Gasteiger charge is 2.31. The number of nitrogens with one attached hydrogen (secondary N) is 1. The van der Waals surface area contributed by atoms with E-state index in [0.29, 0.717) is 24.3 Å². The highest BCUT2D eigenvalue weighted by Crippen LogP contribution is 2.25. The minimum absolute atomic E-state index is 0.0585. The number of rotatable bonds is 11. The molecule has 4 rings (SSSR count). The standard InChI is InChI=1S/C32H33FN2O3/c1-23(2)20-34-32(37)29(19-24-11-4-3-5-12-24)35(21-26-14-7-9-17-28(26)33)31(36)22-38-30-18-10-15-25-13-6-8-16-27(25)30/h3-18,23,29H,19-22H2,1-2H3,(H,34,37)/t29-/m0/s1. The summed E-state index contributed by atoms with van der Waals surface area (Å²) in [5.74, 6) is -0.298. The van der Waals surface area contributed by atoms with E-state index in [0.717, 1.165) is 16.3 Å². The molecular weight excluding hydrogens is 479 g/mol. The van der Waals surface area contributed by atoms with E-state index in [4.69, 9.17) is 4.74 Å². The Morgan fingerprint density at radius 3 is 2.32 bits per heavy atom. The molecule has 0 aliphatic carbocycles. The van der Waals surface area contributed by atoms with Crippen molar-refractivity contribution in [2.45, 2.75) is 32.9 Å². The van der Waals surface area contributed by atoms with Crippen molar-refractivity contribution in [3.63, 3.8) is 0 Å². The largest absolute Gasteiger partial charge is 0.483 e. The summed E-state index contributed by atoms with van der Waals surface area (Å²) in [5.41, 5.74) is 1.24. The van der Waals surface area contributed by atoms with Crippen molar-refractivity contribution in [1.82, 2.24) is 10.2 Å². The van der Waals surface area contributed by atoms with Crippen LogP contribution in [0, 0.1) is 11.7 Å². The highest BCUT2D eigenvalue weighted by molar-refractivity contribution is 5.90. The fourth-order valence-electron chi connectivity index (χ4n) is 4.33. The first-order valence-corrected chi connectivity index (χ1v) is 12.9. The highest BCUT2D eigenvalue weighted by atomic mass is 19.1. The second kappa shape index (κ2) is 12.9. The third-order valence-electron chi connectivity index (χ3n) is 6.35. The lowest BCUT2D eigenvalue weighted by molar-refractivity contribution is -0.142. The number of benzene rings is 4. The van der Waals surface area contributed by atoms with Gasteiger partial charge >= 0.3 is 0 Å². The van der Waals surface area contributed by atoms with Gasteiger partial charge in [-0.25, -0.2) is 4.39 Å². The van der Waals surface area contributed by atoms with Crippen molar-refractivity contribution in [1.29, 1.82) is 0 Å². The molecule has 1 atom stereocenters. The number of amides is 2. The van der Waals surface area contributed by atoms with Gasteiger partial charge in [0.05, 0.1) is 0 Å². The average Bonchev–Trinajstić information content (AvgIpc) is 2.93. The molecule has 0 bridgehead atoms. The monoisotopic (exact) mass is 512 g/mol. The first-order chi connectivity index (χ1) is 18.4. The fourth-order valence-corrected chi connectivity index (χ4v) is 4.33. The van der Waals surface area contributed by atoms with Crippen LogP contribution in [0.1, 0.15) is 25.0 Å². The SMILES string of the molecule is CC(C)CNC(=O)[C@H](Cc1ccccc1)N(Cc1ccccc1F)C(=O)COc1cccc2ccccc12. The molecule has 196 valence electrons. The molecule has 0 fully saturated rings. The number of fused-ring (bicyclic) bond motifs is 1. The Morgan fingerprint density at radius 2 is 1.55 bits per heavy atom. The van der Waals surface area contributed by atoms with Gasteiger partial charge in [-0.2, -0.15) is 0 Å². The van der Waals surface area contributed by atoms with Crippen molar-refractivity contribution in [2.24, 2.45) is 5.92 Å². The van der Waals surface area contributed by atoms with Crippen molar-refractivity contribution in [3.8, 4) is 5.75 Å². The van der Waals surface area contributed by atoms with Gasteiger partial charge in [-0.1, -0.05) is 98.8 Å². The number of carbonyl (C=O) groups is 2.